The van der Waals surface area contributed by atoms with Gasteiger partial charge in [-0.15, -0.1) is 11.3 Å². The number of aromatic nitrogens is 4. The number of hydrogen-bond donors (Lipinski definition) is 0. The number of furan rings is 1. The maximum Gasteiger partial charge on any atom is 0.145 e. The van der Waals surface area contributed by atoms with Crippen LogP contribution in [0.4, 0.5) is 0 Å². The molecule has 0 amide bonds. The Morgan fingerprint density at radius 3 is 1.13 bits per heavy atom. The van der Waals surface area contributed by atoms with E-state index in [4.69, 9.17) is 4.42 Å². The first-order valence-corrected chi connectivity index (χ1v) is 31.5. The zero-order valence-corrected chi connectivity index (χ0v) is 49.4. The number of hydrogen-bond acceptors (Lipinski definition) is 2. The van der Waals surface area contributed by atoms with Crippen LogP contribution in [0, 0.1) is 0 Å². The van der Waals surface area contributed by atoms with E-state index in [9.17, 15) is 0 Å². The van der Waals surface area contributed by atoms with Crippen LogP contribution < -0.4 is 0 Å². The van der Waals surface area contributed by atoms with Crippen LogP contribution in [0.1, 0.15) is 0 Å². The predicted octanol–water partition coefficient (Wildman–Crippen LogP) is 23.4. The van der Waals surface area contributed by atoms with Gasteiger partial charge in [0, 0.05) is 91.4 Å². The van der Waals surface area contributed by atoms with Gasteiger partial charge in [0.1, 0.15) is 11.2 Å². The molecule has 0 spiro atoms. The molecule has 6 heterocycles. The second-order valence-electron chi connectivity index (χ2n) is 23.5. The van der Waals surface area contributed by atoms with Gasteiger partial charge in [0.25, 0.3) is 0 Å². The van der Waals surface area contributed by atoms with E-state index in [1.807, 2.05) is 17.4 Å². The number of para-hydroxylation sites is 7. The van der Waals surface area contributed by atoms with Crippen molar-refractivity contribution in [1.82, 2.24) is 18.3 Å². The fourth-order valence-electron chi connectivity index (χ4n) is 14.6. The Hall–Kier alpha value is -11.7. The van der Waals surface area contributed by atoms with Gasteiger partial charge in [-0.1, -0.05) is 188 Å². The number of nitrogens with zero attached hydrogens (tertiary/aromatic N) is 4. The number of fused-ring (bicyclic) bond motifs is 20. The molecule has 0 fully saturated rings. The first-order chi connectivity index (χ1) is 44.7. The molecule has 90 heavy (non-hydrogen) atoms. The number of thiophene rings is 1. The van der Waals surface area contributed by atoms with Crippen molar-refractivity contribution < 1.29 is 4.42 Å². The van der Waals surface area contributed by atoms with Gasteiger partial charge >= 0.3 is 0 Å². The van der Waals surface area contributed by atoms with Gasteiger partial charge in [-0.3, -0.25) is 0 Å². The van der Waals surface area contributed by atoms with E-state index in [-0.39, 0.29) is 0 Å². The number of benzene rings is 14. The second-order valence-corrected chi connectivity index (χ2v) is 24.6. The lowest BCUT2D eigenvalue weighted by molar-refractivity contribution is 0.673. The summed E-state index contributed by atoms with van der Waals surface area (Å²) in [5.41, 5.74) is 21.0. The van der Waals surface area contributed by atoms with Crippen molar-refractivity contribution in [1.29, 1.82) is 0 Å². The lowest BCUT2D eigenvalue weighted by atomic mass is 10.0. The standard InChI is InChI=1S/C42H26N2O.C42H26N2S/c2*1-2-10-29(11-3-1)43-36-15-7-4-12-31(36)35-26-28(20-24-38(35)43)27-18-21-30(22-19-27)44-37-16-8-5-14-34(37)41-39(44)25-23-33-32-13-6-9-17-40(32)45-42(33)41/h2*1-26H. The first-order valence-electron chi connectivity index (χ1n) is 30.7. The van der Waals surface area contributed by atoms with Crippen LogP contribution in [0.15, 0.2) is 320 Å². The van der Waals surface area contributed by atoms with Crippen LogP contribution in [0.2, 0.25) is 0 Å². The SMILES string of the molecule is c1ccc(-n2c3ccccc3c3cc(-c4ccc(-n5c6ccccc6c6c7oc8ccccc8c7ccc65)cc4)ccc32)cc1.c1ccc(-n2c3ccccc3c3cc(-c4ccc(-n5c6ccccc6c6c7sc8ccccc8c7ccc65)cc4)ccc32)cc1. The molecule has 20 rings (SSSR count). The quantitative estimate of drug-likeness (QED) is 0.163. The monoisotopic (exact) mass is 1160 g/mol. The van der Waals surface area contributed by atoms with Crippen molar-refractivity contribution in [3.63, 3.8) is 0 Å². The van der Waals surface area contributed by atoms with Gasteiger partial charge in [0.05, 0.1) is 49.5 Å². The summed E-state index contributed by atoms with van der Waals surface area (Å²) in [5.74, 6) is 0. The lowest BCUT2D eigenvalue weighted by Crippen LogP contribution is -1.94. The average molecular weight is 1170 g/mol. The molecule has 14 aromatic carbocycles. The fourth-order valence-corrected chi connectivity index (χ4v) is 15.9. The Morgan fingerprint density at radius 1 is 0.222 bits per heavy atom. The summed E-state index contributed by atoms with van der Waals surface area (Å²) in [6, 6.07) is 114. The van der Waals surface area contributed by atoms with Crippen LogP contribution in [-0.4, -0.2) is 18.3 Å². The van der Waals surface area contributed by atoms with E-state index in [2.05, 4.69) is 328 Å². The topological polar surface area (TPSA) is 32.9 Å². The summed E-state index contributed by atoms with van der Waals surface area (Å²) in [4.78, 5) is 0. The van der Waals surface area contributed by atoms with E-state index in [1.165, 1.54) is 136 Å². The molecule has 0 aliphatic rings. The molecular weight excluding hydrogens is 1110 g/mol. The van der Waals surface area contributed by atoms with E-state index in [1.54, 1.807) is 0 Å². The van der Waals surface area contributed by atoms with Crippen LogP contribution in [-0.2, 0) is 0 Å². The smallest absolute Gasteiger partial charge is 0.145 e. The van der Waals surface area contributed by atoms with Crippen molar-refractivity contribution in [2.75, 3.05) is 0 Å². The zero-order chi connectivity index (χ0) is 59.0. The predicted molar refractivity (Wildman–Crippen MR) is 381 cm³/mol. The molecular formula is C84H52N4OS. The summed E-state index contributed by atoms with van der Waals surface area (Å²) < 4.78 is 18.7. The largest absolute Gasteiger partial charge is 0.455 e. The second kappa shape index (κ2) is 19.9. The summed E-state index contributed by atoms with van der Waals surface area (Å²) in [6.07, 6.45) is 0. The van der Waals surface area contributed by atoms with Gasteiger partial charge in [-0.05, 0) is 150 Å². The van der Waals surface area contributed by atoms with Crippen molar-refractivity contribution in [3.05, 3.63) is 315 Å². The number of rotatable bonds is 6. The first kappa shape index (κ1) is 50.5. The van der Waals surface area contributed by atoms with Crippen molar-refractivity contribution >= 4 is 141 Å². The minimum atomic E-state index is 0.921. The normalized spacial score (nSPS) is 12.0. The van der Waals surface area contributed by atoms with Crippen LogP contribution in [0.25, 0.3) is 174 Å². The van der Waals surface area contributed by atoms with E-state index in [0.29, 0.717) is 0 Å². The van der Waals surface area contributed by atoms with Gasteiger partial charge in [0.15, 0.2) is 0 Å². The van der Waals surface area contributed by atoms with Crippen LogP contribution in [0.3, 0.4) is 0 Å². The van der Waals surface area contributed by atoms with Crippen molar-refractivity contribution in [2.45, 2.75) is 0 Å². The Balaban J connectivity index is 0.000000130. The van der Waals surface area contributed by atoms with Gasteiger partial charge in [0.2, 0.25) is 0 Å². The highest BCUT2D eigenvalue weighted by atomic mass is 32.1. The van der Waals surface area contributed by atoms with Gasteiger partial charge in [-0.25, -0.2) is 0 Å². The van der Waals surface area contributed by atoms with Crippen LogP contribution >= 0.6 is 11.3 Å². The van der Waals surface area contributed by atoms with E-state index < -0.39 is 0 Å². The average Bonchev–Trinajstić information content (AvgIpc) is 1.61. The lowest BCUT2D eigenvalue weighted by Gasteiger charge is -2.10. The molecule has 0 saturated heterocycles. The third-order valence-corrected chi connectivity index (χ3v) is 19.9. The summed E-state index contributed by atoms with van der Waals surface area (Å²) >= 11 is 1.90. The molecule has 0 radical (unpaired) electrons. The third kappa shape index (κ3) is 7.62. The van der Waals surface area contributed by atoms with E-state index >= 15 is 0 Å². The summed E-state index contributed by atoms with van der Waals surface area (Å²) in [5, 5.41) is 15.0. The summed E-state index contributed by atoms with van der Waals surface area (Å²) in [6.45, 7) is 0. The Bertz CT molecular complexity index is 5870. The third-order valence-electron chi connectivity index (χ3n) is 18.7. The molecule has 5 nitrogen and oxygen atoms in total. The molecule has 0 saturated carbocycles. The molecule has 6 aromatic heterocycles. The van der Waals surface area contributed by atoms with Crippen molar-refractivity contribution in [2.24, 2.45) is 0 Å². The molecule has 0 aliphatic heterocycles. The Morgan fingerprint density at radius 2 is 0.589 bits per heavy atom. The minimum Gasteiger partial charge on any atom is -0.455 e. The zero-order valence-electron chi connectivity index (χ0n) is 48.6. The Labute approximate surface area is 520 Å². The molecule has 420 valence electrons. The van der Waals surface area contributed by atoms with Gasteiger partial charge < -0.3 is 22.7 Å². The fraction of sp³-hybridized carbons (Fsp3) is 0. The van der Waals surface area contributed by atoms with Crippen LogP contribution in [0.5, 0.6) is 0 Å². The molecule has 0 N–H and O–H groups in total. The highest BCUT2D eigenvalue weighted by Crippen LogP contribution is 2.45. The molecule has 6 heteroatoms. The minimum absolute atomic E-state index is 0.921. The summed E-state index contributed by atoms with van der Waals surface area (Å²) in [7, 11) is 0. The molecule has 0 unspecified atom stereocenters. The maximum atomic E-state index is 6.48. The molecule has 20 aromatic rings. The van der Waals surface area contributed by atoms with Crippen molar-refractivity contribution in [3.8, 4) is 45.0 Å². The highest BCUT2D eigenvalue weighted by Gasteiger charge is 2.22. The highest BCUT2D eigenvalue weighted by molar-refractivity contribution is 7.26. The molecule has 0 atom stereocenters. The van der Waals surface area contributed by atoms with E-state index in [0.717, 1.165) is 38.5 Å². The maximum absolute atomic E-state index is 6.48. The van der Waals surface area contributed by atoms with Gasteiger partial charge in [-0.2, -0.15) is 0 Å². The Kier molecular flexibility index (Phi) is 11.2. The molecule has 0 aliphatic carbocycles. The molecule has 0 bridgehead atoms.